The van der Waals surface area contributed by atoms with E-state index in [4.69, 9.17) is 11.6 Å². The Morgan fingerprint density at radius 1 is 1.05 bits per heavy atom. The normalized spacial score (nSPS) is 12.5. The van der Waals surface area contributed by atoms with Gasteiger partial charge < -0.3 is 5.32 Å². The summed E-state index contributed by atoms with van der Waals surface area (Å²) in [5.41, 5.74) is 3.37. The number of rotatable bonds is 3. The Balaban J connectivity index is 2.55. The van der Waals surface area contributed by atoms with Gasteiger partial charge in [-0.3, -0.25) is 0 Å². The zero-order chi connectivity index (χ0) is 14.9. The molecule has 0 heterocycles. The van der Waals surface area contributed by atoms with E-state index in [0.29, 0.717) is 0 Å². The Labute approximate surface area is 122 Å². The lowest BCUT2D eigenvalue weighted by molar-refractivity contribution is 0.609. The average Bonchev–Trinajstić information content (AvgIpc) is 2.37. The van der Waals surface area contributed by atoms with Crippen molar-refractivity contribution in [3.05, 3.63) is 69.2 Å². The zero-order valence-corrected chi connectivity index (χ0v) is 12.4. The molecule has 0 spiro atoms. The highest BCUT2D eigenvalue weighted by molar-refractivity contribution is 6.30. The molecule has 20 heavy (non-hydrogen) atoms. The molecule has 0 aromatic heterocycles. The molecule has 0 amide bonds. The van der Waals surface area contributed by atoms with Gasteiger partial charge in [-0.05, 0) is 67.4 Å². The van der Waals surface area contributed by atoms with Gasteiger partial charge in [-0.25, -0.2) is 8.78 Å². The minimum absolute atomic E-state index is 0.0937. The van der Waals surface area contributed by atoms with Crippen LogP contribution in [0.25, 0.3) is 0 Å². The van der Waals surface area contributed by atoms with Crippen LogP contribution in [0.1, 0.15) is 28.3 Å². The van der Waals surface area contributed by atoms with Crippen molar-refractivity contribution in [1.29, 1.82) is 0 Å². The first-order chi connectivity index (χ1) is 9.43. The van der Waals surface area contributed by atoms with Crippen LogP contribution >= 0.6 is 11.6 Å². The van der Waals surface area contributed by atoms with Crippen LogP contribution in [0.4, 0.5) is 8.78 Å². The van der Waals surface area contributed by atoms with Gasteiger partial charge >= 0.3 is 0 Å². The Kier molecular flexibility index (Phi) is 4.41. The van der Waals surface area contributed by atoms with Crippen molar-refractivity contribution >= 4 is 11.6 Å². The SMILES string of the molecule is CNC(c1ccc(Cl)c(F)c1)c1c(C)cc(F)cc1C. The lowest BCUT2D eigenvalue weighted by Gasteiger charge is -2.22. The number of nitrogens with one attached hydrogen (secondary N) is 1. The van der Waals surface area contributed by atoms with Crippen LogP contribution in [-0.2, 0) is 0 Å². The van der Waals surface area contributed by atoms with Gasteiger partial charge in [-0.2, -0.15) is 0 Å². The Morgan fingerprint density at radius 3 is 2.15 bits per heavy atom. The average molecular weight is 296 g/mol. The number of halogens is 3. The second-order valence-electron chi connectivity index (χ2n) is 4.85. The molecule has 0 aliphatic carbocycles. The molecule has 1 nitrogen and oxygen atoms in total. The van der Waals surface area contributed by atoms with E-state index in [1.165, 1.54) is 24.3 Å². The van der Waals surface area contributed by atoms with E-state index < -0.39 is 5.82 Å². The maximum atomic E-state index is 13.6. The molecule has 0 saturated carbocycles. The van der Waals surface area contributed by atoms with Crippen LogP contribution in [0, 0.1) is 25.5 Å². The summed E-state index contributed by atoms with van der Waals surface area (Å²) in [4.78, 5) is 0. The van der Waals surface area contributed by atoms with E-state index in [1.807, 2.05) is 13.8 Å². The third-order valence-corrected chi connectivity index (χ3v) is 3.72. The molecule has 106 valence electrons. The van der Waals surface area contributed by atoms with E-state index in [1.54, 1.807) is 13.1 Å². The molecule has 4 heteroatoms. The van der Waals surface area contributed by atoms with Gasteiger partial charge in [0.25, 0.3) is 0 Å². The predicted molar refractivity (Wildman–Crippen MR) is 78.2 cm³/mol. The molecule has 0 bridgehead atoms. The predicted octanol–water partition coefficient (Wildman–Crippen LogP) is 4.54. The van der Waals surface area contributed by atoms with Crippen molar-refractivity contribution in [3.8, 4) is 0 Å². The molecule has 0 fully saturated rings. The minimum Gasteiger partial charge on any atom is -0.309 e. The molecular weight excluding hydrogens is 280 g/mol. The van der Waals surface area contributed by atoms with E-state index in [0.717, 1.165) is 22.3 Å². The van der Waals surface area contributed by atoms with Crippen LogP contribution in [0.5, 0.6) is 0 Å². The summed E-state index contributed by atoms with van der Waals surface area (Å²) in [6.45, 7) is 3.70. The zero-order valence-electron chi connectivity index (χ0n) is 11.6. The van der Waals surface area contributed by atoms with Gasteiger partial charge in [0.15, 0.2) is 0 Å². The Morgan fingerprint density at radius 2 is 1.65 bits per heavy atom. The third-order valence-electron chi connectivity index (χ3n) is 3.41. The van der Waals surface area contributed by atoms with Crippen LogP contribution in [0.3, 0.4) is 0 Å². The number of aryl methyl sites for hydroxylation is 2. The fourth-order valence-electron chi connectivity index (χ4n) is 2.55. The molecule has 0 aliphatic heterocycles. The molecule has 0 aliphatic rings. The van der Waals surface area contributed by atoms with Crippen molar-refractivity contribution in [1.82, 2.24) is 5.32 Å². The monoisotopic (exact) mass is 295 g/mol. The fraction of sp³-hybridized carbons (Fsp3) is 0.250. The van der Waals surface area contributed by atoms with Gasteiger partial charge in [0.2, 0.25) is 0 Å². The highest BCUT2D eigenvalue weighted by atomic mass is 35.5. The quantitative estimate of drug-likeness (QED) is 0.876. The van der Waals surface area contributed by atoms with E-state index in [9.17, 15) is 8.78 Å². The molecule has 2 aromatic carbocycles. The van der Waals surface area contributed by atoms with E-state index in [2.05, 4.69) is 5.32 Å². The van der Waals surface area contributed by atoms with Crippen LogP contribution in [0.15, 0.2) is 30.3 Å². The number of hydrogen-bond acceptors (Lipinski definition) is 1. The molecule has 1 N–H and O–H groups in total. The third kappa shape index (κ3) is 2.84. The summed E-state index contributed by atoms with van der Waals surface area (Å²) in [5, 5.41) is 3.24. The standard InChI is InChI=1S/C16H16ClF2N/c1-9-6-12(18)7-10(2)15(9)16(20-3)11-4-5-13(17)14(19)8-11/h4-8,16,20H,1-3H3. The Hall–Kier alpha value is -1.45. The van der Waals surface area contributed by atoms with E-state index >= 15 is 0 Å². The van der Waals surface area contributed by atoms with Gasteiger partial charge in [0.05, 0.1) is 11.1 Å². The largest absolute Gasteiger partial charge is 0.309 e. The first-order valence-electron chi connectivity index (χ1n) is 6.33. The van der Waals surface area contributed by atoms with Crippen molar-refractivity contribution in [2.45, 2.75) is 19.9 Å². The first kappa shape index (κ1) is 14.9. The minimum atomic E-state index is -0.457. The summed E-state index contributed by atoms with van der Waals surface area (Å²) >= 11 is 5.71. The molecule has 2 aromatic rings. The van der Waals surface area contributed by atoms with Gasteiger partial charge in [0.1, 0.15) is 11.6 Å². The maximum absolute atomic E-state index is 13.6. The van der Waals surface area contributed by atoms with Crippen molar-refractivity contribution < 1.29 is 8.78 Å². The second kappa shape index (κ2) is 5.90. The van der Waals surface area contributed by atoms with Crippen LogP contribution in [0.2, 0.25) is 5.02 Å². The fourth-order valence-corrected chi connectivity index (χ4v) is 2.66. The number of hydrogen-bond donors (Lipinski definition) is 1. The first-order valence-corrected chi connectivity index (χ1v) is 6.70. The van der Waals surface area contributed by atoms with Gasteiger partial charge in [-0.15, -0.1) is 0 Å². The van der Waals surface area contributed by atoms with Gasteiger partial charge in [0, 0.05) is 0 Å². The lowest BCUT2D eigenvalue weighted by Crippen LogP contribution is -2.20. The lowest BCUT2D eigenvalue weighted by atomic mass is 9.91. The molecule has 0 radical (unpaired) electrons. The van der Waals surface area contributed by atoms with Crippen LogP contribution in [-0.4, -0.2) is 7.05 Å². The molecular formula is C16H16ClF2N. The summed E-state index contributed by atoms with van der Waals surface area (Å²) in [6.07, 6.45) is 0. The van der Waals surface area contributed by atoms with Crippen LogP contribution < -0.4 is 5.32 Å². The highest BCUT2D eigenvalue weighted by Gasteiger charge is 2.18. The molecule has 1 unspecified atom stereocenters. The maximum Gasteiger partial charge on any atom is 0.142 e. The second-order valence-corrected chi connectivity index (χ2v) is 5.26. The molecule has 2 rings (SSSR count). The molecule has 0 saturated heterocycles. The summed E-state index contributed by atoms with van der Waals surface area (Å²) in [7, 11) is 1.79. The highest BCUT2D eigenvalue weighted by Crippen LogP contribution is 2.30. The summed E-state index contributed by atoms with van der Waals surface area (Å²) in [5.74, 6) is -0.720. The van der Waals surface area contributed by atoms with Crippen molar-refractivity contribution in [2.75, 3.05) is 7.05 Å². The smallest absolute Gasteiger partial charge is 0.142 e. The van der Waals surface area contributed by atoms with Gasteiger partial charge in [-0.1, -0.05) is 17.7 Å². The number of benzene rings is 2. The Bertz CT molecular complexity index is 617. The summed E-state index contributed by atoms with van der Waals surface area (Å²) in [6, 6.07) is 7.48. The van der Waals surface area contributed by atoms with E-state index in [-0.39, 0.29) is 16.9 Å². The topological polar surface area (TPSA) is 12.0 Å². The molecule has 1 atom stereocenters. The summed E-state index contributed by atoms with van der Waals surface area (Å²) < 4.78 is 27.0. The van der Waals surface area contributed by atoms with Crippen molar-refractivity contribution in [3.63, 3.8) is 0 Å². The van der Waals surface area contributed by atoms with Crippen molar-refractivity contribution in [2.24, 2.45) is 0 Å².